The van der Waals surface area contributed by atoms with E-state index >= 15 is 0 Å². The zero-order chi connectivity index (χ0) is 25.7. The summed E-state index contributed by atoms with van der Waals surface area (Å²) in [5.74, 6) is -1.30. The van der Waals surface area contributed by atoms with Crippen LogP contribution in [0.4, 0.5) is 0 Å². The molecule has 5 nitrogen and oxygen atoms in total. The number of carbonyl (C=O) groups excluding carboxylic acids is 2. The summed E-state index contributed by atoms with van der Waals surface area (Å²) >= 11 is 24.6. The number of benzene rings is 2. The van der Waals surface area contributed by atoms with E-state index in [-0.39, 0.29) is 22.1 Å². The molecule has 0 saturated carbocycles. The molecule has 3 aromatic rings. The number of methoxy groups -OCH3 is 1. The Balaban J connectivity index is 1.90. The highest BCUT2D eigenvalue weighted by atomic mass is 35.5. The fourth-order valence-electron chi connectivity index (χ4n) is 3.45. The van der Waals surface area contributed by atoms with Crippen LogP contribution in [-0.2, 0) is 20.7 Å². The molecular weight excluding hydrogens is 530 g/mol. The number of nitrogens with one attached hydrogen (secondary N) is 1. The third kappa shape index (κ3) is 6.24. The zero-order valence-electron chi connectivity index (χ0n) is 18.6. The summed E-state index contributed by atoms with van der Waals surface area (Å²) in [5.41, 5.74) is 2.69. The Labute approximate surface area is 223 Å². The van der Waals surface area contributed by atoms with Gasteiger partial charge in [0.1, 0.15) is 6.04 Å². The van der Waals surface area contributed by atoms with E-state index < -0.39 is 17.9 Å². The van der Waals surface area contributed by atoms with Crippen molar-refractivity contribution >= 4 is 69.2 Å². The van der Waals surface area contributed by atoms with Crippen molar-refractivity contribution in [2.45, 2.75) is 12.5 Å². The maximum atomic E-state index is 12.8. The van der Waals surface area contributed by atoms with E-state index in [1.54, 1.807) is 18.2 Å². The molecule has 35 heavy (non-hydrogen) atoms. The number of halogens is 4. The first kappa shape index (κ1) is 26.8. The van der Waals surface area contributed by atoms with Gasteiger partial charge in [-0.05, 0) is 42.0 Å². The Kier molecular flexibility index (Phi) is 8.98. The number of allylic oxidation sites excluding steroid dienone is 2. The van der Waals surface area contributed by atoms with E-state index in [1.807, 2.05) is 30.3 Å². The van der Waals surface area contributed by atoms with Crippen LogP contribution in [0.1, 0.15) is 5.56 Å². The number of nitrogens with zero attached hydrogens (tertiary/aromatic N) is 1. The minimum atomic E-state index is -1.00. The Hall–Kier alpha value is -2.83. The third-order valence-corrected chi connectivity index (χ3v) is 6.28. The molecule has 0 spiro atoms. The van der Waals surface area contributed by atoms with Crippen molar-refractivity contribution in [1.29, 1.82) is 0 Å². The molecule has 180 valence electrons. The molecule has 0 radical (unpaired) electrons. The molecule has 1 unspecified atom stereocenters. The van der Waals surface area contributed by atoms with Gasteiger partial charge < -0.3 is 10.1 Å². The number of pyridine rings is 1. The van der Waals surface area contributed by atoms with Crippen molar-refractivity contribution in [3.63, 3.8) is 0 Å². The molecule has 9 heteroatoms. The van der Waals surface area contributed by atoms with E-state index in [0.717, 1.165) is 10.9 Å². The lowest BCUT2D eigenvalue weighted by Gasteiger charge is -2.18. The van der Waals surface area contributed by atoms with Gasteiger partial charge in [0.2, 0.25) is 0 Å². The maximum Gasteiger partial charge on any atom is 0.328 e. The normalized spacial score (nSPS) is 12.5. The van der Waals surface area contributed by atoms with Crippen LogP contribution in [0.2, 0.25) is 10.0 Å². The van der Waals surface area contributed by atoms with Crippen molar-refractivity contribution < 1.29 is 14.3 Å². The number of hydrogen-bond acceptors (Lipinski definition) is 4. The number of esters is 1. The molecule has 0 fully saturated rings. The number of carbonyl (C=O) groups is 2. The molecule has 0 bridgehead atoms. The minimum Gasteiger partial charge on any atom is -0.467 e. The average molecular weight is 550 g/mol. The lowest BCUT2D eigenvalue weighted by molar-refractivity contribution is -0.144. The molecule has 3 rings (SSSR count). The van der Waals surface area contributed by atoms with Crippen LogP contribution >= 0.6 is 46.4 Å². The molecule has 2 aromatic carbocycles. The van der Waals surface area contributed by atoms with Crippen LogP contribution < -0.4 is 5.32 Å². The van der Waals surface area contributed by atoms with Crippen LogP contribution in [0.15, 0.2) is 83.4 Å². The summed E-state index contributed by atoms with van der Waals surface area (Å²) in [5, 5.41) is 4.37. The van der Waals surface area contributed by atoms with Gasteiger partial charge in [-0.15, -0.1) is 0 Å². The summed E-state index contributed by atoms with van der Waals surface area (Å²) in [6.07, 6.45) is 1.41. The van der Waals surface area contributed by atoms with Crippen LogP contribution in [0.3, 0.4) is 0 Å². The molecule has 0 aliphatic rings. The van der Waals surface area contributed by atoms with Crippen LogP contribution in [0, 0.1) is 0 Å². The van der Waals surface area contributed by atoms with E-state index in [4.69, 9.17) is 51.1 Å². The zero-order valence-corrected chi connectivity index (χ0v) is 21.6. The van der Waals surface area contributed by atoms with Gasteiger partial charge >= 0.3 is 5.97 Å². The second-order valence-electron chi connectivity index (χ2n) is 7.41. The molecule has 1 aromatic heterocycles. The van der Waals surface area contributed by atoms with Gasteiger partial charge in [-0.25, -0.2) is 9.78 Å². The summed E-state index contributed by atoms with van der Waals surface area (Å²) < 4.78 is 4.87. The number of aromatic nitrogens is 1. The first-order valence-corrected chi connectivity index (χ1v) is 11.8. The topological polar surface area (TPSA) is 68.3 Å². The molecule has 0 aliphatic heterocycles. The smallest absolute Gasteiger partial charge is 0.328 e. The molecule has 0 aliphatic carbocycles. The summed E-state index contributed by atoms with van der Waals surface area (Å²) in [4.78, 5) is 29.8. The van der Waals surface area contributed by atoms with Crippen LogP contribution in [0.5, 0.6) is 0 Å². The summed E-state index contributed by atoms with van der Waals surface area (Å²) in [6, 6.07) is 13.5. The van der Waals surface area contributed by atoms with Crippen LogP contribution in [0.25, 0.3) is 22.2 Å². The predicted octanol–water partition coefficient (Wildman–Crippen LogP) is 6.84. The molecule has 0 saturated heterocycles. The highest BCUT2D eigenvalue weighted by Gasteiger charge is 2.25. The van der Waals surface area contributed by atoms with E-state index in [2.05, 4.69) is 23.5 Å². The van der Waals surface area contributed by atoms with Crippen molar-refractivity contribution in [1.82, 2.24) is 10.3 Å². The van der Waals surface area contributed by atoms with Crippen molar-refractivity contribution in [3.05, 3.63) is 99.0 Å². The van der Waals surface area contributed by atoms with Gasteiger partial charge in [0.25, 0.3) is 5.91 Å². The molecule has 1 heterocycles. The van der Waals surface area contributed by atoms with Gasteiger partial charge in [0, 0.05) is 22.4 Å². The van der Waals surface area contributed by atoms with E-state index in [1.165, 1.54) is 13.2 Å². The second-order valence-corrected chi connectivity index (χ2v) is 9.08. The van der Waals surface area contributed by atoms with Gasteiger partial charge in [-0.3, -0.25) is 4.79 Å². The van der Waals surface area contributed by atoms with Crippen molar-refractivity contribution in [2.75, 3.05) is 7.11 Å². The largest absolute Gasteiger partial charge is 0.467 e. The lowest BCUT2D eigenvalue weighted by Crippen LogP contribution is -2.43. The number of fused-ring (bicyclic) bond motifs is 1. The average Bonchev–Trinajstić information content (AvgIpc) is 2.82. The van der Waals surface area contributed by atoms with Crippen molar-refractivity contribution in [3.8, 4) is 11.3 Å². The molecular formula is C26H20Cl4N2O3. The Morgan fingerprint density at radius 1 is 1.11 bits per heavy atom. The summed E-state index contributed by atoms with van der Waals surface area (Å²) in [7, 11) is 1.24. The molecule has 1 atom stereocenters. The molecule has 1 N–H and O–H groups in total. The van der Waals surface area contributed by atoms with Gasteiger partial charge in [0.15, 0.2) is 0 Å². The number of ether oxygens (including phenoxy) is 1. The van der Waals surface area contributed by atoms with Crippen LogP contribution in [-0.4, -0.2) is 30.0 Å². The Morgan fingerprint density at radius 2 is 1.80 bits per heavy atom. The SMILES string of the molecule is C=C/C(Cl)=C(\C(=C)Cl)C(=O)NC(Cc1ccc2nc(-c3c(Cl)cccc3Cl)ccc2c1)C(=O)OC. The maximum absolute atomic E-state index is 12.8. The second kappa shape index (κ2) is 11.7. The third-order valence-electron chi connectivity index (χ3n) is 5.12. The number of amides is 1. The minimum absolute atomic E-state index is 0.0114. The molecule has 1 amide bonds. The number of rotatable bonds is 8. The summed E-state index contributed by atoms with van der Waals surface area (Å²) in [6.45, 7) is 7.08. The monoisotopic (exact) mass is 548 g/mol. The standard InChI is InChI=1S/C26H20Cl4N2O3/c1-4-17(28)23(14(2)27)25(33)32-22(26(34)35-3)13-15-8-10-20-16(12-15)9-11-21(31-20)24-18(29)6-5-7-19(24)30/h4-12,22H,1-2,13H2,3H3,(H,32,33)/b23-17-. The van der Waals surface area contributed by atoms with Gasteiger partial charge in [-0.2, -0.15) is 0 Å². The first-order valence-electron chi connectivity index (χ1n) is 10.3. The highest BCUT2D eigenvalue weighted by molar-refractivity contribution is 6.40. The number of hydrogen-bond donors (Lipinski definition) is 1. The highest BCUT2D eigenvalue weighted by Crippen LogP contribution is 2.34. The lowest BCUT2D eigenvalue weighted by atomic mass is 10.0. The fourth-order valence-corrected chi connectivity index (χ4v) is 4.48. The predicted molar refractivity (Wildman–Crippen MR) is 143 cm³/mol. The Morgan fingerprint density at radius 3 is 2.40 bits per heavy atom. The van der Waals surface area contributed by atoms with Crippen molar-refractivity contribution in [2.24, 2.45) is 0 Å². The fraction of sp³-hybridized carbons (Fsp3) is 0.115. The first-order chi connectivity index (χ1) is 16.7. The van der Waals surface area contributed by atoms with Gasteiger partial charge in [0.05, 0.1) is 39.0 Å². The quantitative estimate of drug-likeness (QED) is 0.190. The van der Waals surface area contributed by atoms with Gasteiger partial charge in [-0.1, -0.05) is 77.8 Å². The van der Waals surface area contributed by atoms with E-state index in [0.29, 0.717) is 26.8 Å². The van der Waals surface area contributed by atoms with E-state index in [9.17, 15) is 9.59 Å². The Bertz CT molecular complexity index is 1350.